The first-order valence-corrected chi connectivity index (χ1v) is 3.79. The van der Waals surface area contributed by atoms with E-state index in [0.717, 1.165) is 5.69 Å². The smallest absolute Gasteiger partial charge is 0.188 e. The fourth-order valence-corrected chi connectivity index (χ4v) is 0.912. The van der Waals surface area contributed by atoms with Crippen molar-refractivity contribution in [3.8, 4) is 5.69 Å². The van der Waals surface area contributed by atoms with Crippen molar-refractivity contribution in [2.24, 2.45) is 5.73 Å². The zero-order valence-electron chi connectivity index (χ0n) is 6.83. The molecule has 6 nitrogen and oxygen atoms in total. The number of tetrazole rings is 1. The van der Waals surface area contributed by atoms with Gasteiger partial charge in [-0.15, -0.1) is 15.0 Å². The van der Waals surface area contributed by atoms with Gasteiger partial charge in [0.25, 0.3) is 0 Å². The second-order valence-electron chi connectivity index (χ2n) is 2.40. The molecule has 0 fully saturated rings. The van der Waals surface area contributed by atoms with E-state index in [4.69, 9.17) is 5.73 Å². The fraction of sp³-hybridized carbons (Fsp3) is 0.143. The molecule has 0 atom stereocenters. The van der Waals surface area contributed by atoms with Crippen LogP contribution in [-0.2, 0) is 6.54 Å². The standard InChI is InChI=1S/C7H8N6/c8-5-7-10-12-13(11-7)6-1-3-9-4-2-6/h1-4H,5,8H2. The van der Waals surface area contributed by atoms with E-state index >= 15 is 0 Å². The van der Waals surface area contributed by atoms with Gasteiger partial charge in [0, 0.05) is 12.4 Å². The topological polar surface area (TPSA) is 82.5 Å². The third-order valence-electron chi connectivity index (χ3n) is 1.53. The summed E-state index contributed by atoms with van der Waals surface area (Å²) in [6.07, 6.45) is 3.33. The number of hydrogen-bond acceptors (Lipinski definition) is 5. The quantitative estimate of drug-likeness (QED) is 0.668. The lowest BCUT2D eigenvalue weighted by Gasteiger charge is -1.94. The first-order chi connectivity index (χ1) is 6.40. The SMILES string of the molecule is NCc1nnn(-c2ccncc2)n1. The van der Waals surface area contributed by atoms with Gasteiger partial charge < -0.3 is 5.73 Å². The normalized spacial score (nSPS) is 10.2. The lowest BCUT2D eigenvalue weighted by Crippen LogP contribution is -2.01. The molecule has 0 radical (unpaired) electrons. The minimum Gasteiger partial charge on any atom is -0.324 e. The lowest BCUT2D eigenvalue weighted by molar-refractivity contribution is 0.716. The van der Waals surface area contributed by atoms with Crippen molar-refractivity contribution >= 4 is 0 Å². The highest BCUT2D eigenvalue weighted by Crippen LogP contribution is 2.00. The number of aromatic nitrogens is 5. The van der Waals surface area contributed by atoms with Crippen LogP contribution in [0.25, 0.3) is 5.69 Å². The molecule has 0 amide bonds. The Bertz CT molecular complexity index is 381. The second-order valence-corrected chi connectivity index (χ2v) is 2.40. The molecule has 2 aromatic rings. The number of pyridine rings is 1. The molecule has 0 aromatic carbocycles. The molecule has 0 saturated heterocycles. The predicted octanol–water partition coefficient (Wildman–Crippen LogP) is -0.484. The van der Waals surface area contributed by atoms with Crippen molar-refractivity contribution in [3.63, 3.8) is 0 Å². The molecule has 0 aliphatic carbocycles. The van der Waals surface area contributed by atoms with Gasteiger partial charge in [-0.05, 0) is 17.3 Å². The Morgan fingerprint density at radius 3 is 2.69 bits per heavy atom. The van der Waals surface area contributed by atoms with E-state index in [1.54, 1.807) is 24.5 Å². The highest BCUT2D eigenvalue weighted by atomic mass is 15.6. The summed E-state index contributed by atoms with van der Waals surface area (Å²) < 4.78 is 0. The Hall–Kier alpha value is -1.82. The molecular weight excluding hydrogens is 168 g/mol. The van der Waals surface area contributed by atoms with Crippen molar-refractivity contribution in [1.82, 2.24) is 25.2 Å². The number of hydrogen-bond donors (Lipinski definition) is 1. The van der Waals surface area contributed by atoms with Gasteiger partial charge in [0.15, 0.2) is 5.82 Å². The Balaban J connectivity index is 2.36. The van der Waals surface area contributed by atoms with Crippen LogP contribution in [0.3, 0.4) is 0 Å². The van der Waals surface area contributed by atoms with E-state index < -0.39 is 0 Å². The van der Waals surface area contributed by atoms with Crippen LogP contribution in [0.1, 0.15) is 5.82 Å². The molecule has 0 unspecified atom stereocenters. The maximum Gasteiger partial charge on any atom is 0.188 e. The van der Waals surface area contributed by atoms with Crippen LogP contribution in [0.4, 0.5) is 0 Å². The molecule has 2 N–H and O–H groups in total. The number of rotatable bonds is 2. The first-order valence-electron chi connectivity index (χ1n) is 3.79. The molecule has 0 aliphatic heterocycles. The van der Waals surface area contributed by atoms with Crippen molar-refractivity contribution in [2.75, 3.05) is 0 Å². The summed E-state index contributed by atoms with van der Waals surface area (Å²) in [4.78, 5) is 5.30. The van der Waals surface area contributed by atoms with Gasteiger partial charge >= 0.3 is 0 Å². The van der Waals surface area contributed by atoms with Crippen molar-refractivity contribution < 1.29 is 0 Å². The van der Waals surface area contributed by atoms with Crippen LogP contribution >= 0.6 is 0 Å². The van der Waals surface area contributed by atoms with E-state index in [9.17, 15) is 0 Å². The van der Waals surface area contributed by atoms with Crippen LogP contribution in [0.15, 0.2) is 24.5 Å². The third-order valence-corrected chi connectivity index (χ3v) is 1.53. The van der Waals surface area contributed by atoms with Gasteiger partial charge in [-0.2, -0.15) is 0 Å². The van der Waals surface area contributed by atoms with Crippen molar-refractivity contribution in [1.29, 1.82) is 0 Å². The molecule has 2 aromatic heterocycles. The molecule has 0 bridgehead atoms. The highest BCUT2D eigenvalue weighted by Gasteiger charge is 2.01. The Kier molecular flexibility index (Phi) is 1.97. The summed E-state index contributed by atoms with van der Waals surface area (Å²) in [6, 6.07) is 3.59. The van der Waals surface area contributed by atoms with Gasteiger partial charge in [0.2, 0.25) is 0 Å². The van der Waals surface area contributed by atoms with E-state index in [1.807, 2.05) is 0 Å². The summed E-state index contributed by atoms with van der Waals surface area (Å²) in [6.45, 7) is 0.297. The summed E-state index contributed by atoms with van der Waals surface area (Å²) in [5.74, 6) is 0.525. The first kappa shape index (κ1) is 7.81. The van der Waals surface area contributed by atoms with E-state index in [0.29, 0.717) is 12.4 Å². The zero-order valence-corrected chi connectivity index (χ0v) is 6.83. The minimum atomic E-state index is 0.297. The van der Waals surface area contributed by atoms with Crippen LogP contribution in [-0.4, -0.2) is 25.2 Å². The molecule has 0 saturated carbocycles. The Labute approximate surface area is 74.4 Å². The largest absolute Gasteiger partial charge is 0.324 e. The van der Waals surface area contributed by atoms with Crippen LogP contribution in [0.5, 0.6) is 0 Å². The molecule has 13 heavy (non-hydrogen) atoms. The average Bonchev–Trinajstić information content (AvgIpc) is 2.67. The molecule has 2 heterocycles. The molecule has 2 rings (SSSR count). The van der Waals surface area contributed by atoms with Gasteiger partial charge in [-0.25, -0.2) is 0 Å². The third kappa shape index (κ3) is 1.52. The average molecular weight is 176 g/mol. The maximum absolute atomic E-state index is 5.35. The molecule has 6 heteroatoms. The fourth-order valence-electron chi connectivity index (χ4n) is 0.912. The van der Waals surface area contributed by atoms with E-state index in [2.05, 4.69) is 20.4 Å². The monoisotopic (exact) mass is 176 g/mol. The minimum absolute atomic E-state index is 0.297. The van der Waals surface area contributed by atoms with Crippen LogP contribution in [0.2, 0.25) is 0 Å². The zero-order chi connectivity index (χ0) is 9.10. The Morgan fingerprint density at radius 2 is 2.08 bits per heavy atom. The highest BCUT2D eigenvalue weighted by molar-refractivity contribution is 5.24. The van der Waals surface area contributed by atoms with E-state index in [1.165, 1.54) is 4.80 Å². The summed E-state index contributed by atoms with van der Waals surface area (Å²) in [5, 5.41) is 11.6. The van der Waals surface area contributed by atoms with Gasteiger partial charge in [-0.1, -0.05) is 0 Å². The molecular formula is C7H8N6. The molecule has 0 aliphatic rings. The van der Waals surface area contributed by atoms with E-state index in [-0.39, 0.29) is 0 Å². The predicted molar refractivity (Wildman–Crippen MR) is 44.8 cm³/mol. The summed E-state index contributed by atoms with van der Waals surface area (Å²) in [7, 11) is 0. The maximum atomic E-state index is 5.35. The molecule has 66 valence electrons. The lowest BCUT2D eigenvalue weighted by atomic mass is 10.4. The van der Waals surface area contributed by atoms with Crippen LogP contribution in [0, 0.1) is 0 Å². The van der Waals surface area contributed by atoms with Gasteiger partial charge in [0.1, 0.15) is 0 Å². The Morgan fingerprint density at radius 1 is 1.31 bits per heavy atom. The number of nitrogens with two attached hydrogens (primary N) is 1. The van der Waals surface area contributed by atoms with Crippen LogP contribution < -0.4 is 5.73 Å². The van der Waals surface area contributed by atoms with Crippen molar-refractivity contribution in [3.05, 3.63) is 30.4 Å². The van der Waals surface area contributed by atoms with Gasteiger partial charge in [-0.3, -0.25) is 4.98 Å². The van der Waals surface area contributed by atoms with Crippen molar-refractivity contribution in [2.45, 2.75) is 6.54 Å². The molecule has 0 spiro atoms. The summed E-state index contributed by atoms with van der Waals surface area (Å²) in [5.41, 5.74) is 6.17. The number of nitrogens with zero attached hydrogens (tertiary/aromatic N) is 5. The summed E-state index contributed by atoms with van der Waals surface area (Å²) >= 11 is 0. The van der Waals surface area contributed by atoms with Gasteiger partial charge in [0.05, 0.1) is 12.2 Å². The second kappa shape index (κ2) is 3.28.